The highest BCUT2D eigenvalue weighted by Gasteiger charge is 2.53. The van der Waals surface area contributed by atoms with Crippen molar-refractivity contribution in [2.75, 3.05) is 20.3 Å². The van der Waals surface area contributed by atoms with Crippen LogP contribution in [0.15, 0.2) is 105 Å². The maximum absolute atomic E-state index is 14.7. The number of ether oxygens (including phenoxy) is 4. The van der Waals surface area contributed by atoms with Crippen molar-refractivity contribution in [3.05, 3.63) is 157 Å². The number of methoxy groups -OCH3 is 1. The minimum absolute atomic E-state index is 0.0488. The quantitative estimate of drug-likeness (QED) is 0.0619. The van der Waals surface area contributed by atoms with Gasteiger partial charge in [0.2, 0.25) is 0 Å². The number of rotatable bonds is 10. The second-order valence-electron chi connectivity index (χ2n) is 17.3. The Morgan fingerprint density at radius 2 is 1.65 bits per heavy atom. The van der Waals surface area contributed by atoms with Crippen molar-refractivity contribution in [1.29, 1.82) is 0 Å². The summed E-state index contributed by atoms with van der Waals surface area (Å²) in [6.45, 7) is 2.87. The topological polar surface area (TPSA) is 142 Å². The number of fused-ring (bicyclic) bond motifs is 7. The molecular weight excluding hydrogens is 797 g/mol. The summed E-state index contributed by atoms with van der Waals surface area (Å²) < 4.78 is 31.2. The Morgan fingerprint density at radius 3 is 2.44 bits per heavy atom. The van der Waals surface area contributed by atoms with E-state index in [9.17, 15) is 24.6 Å². The molecular formula is C53H54O10. The van der Waals surface area contributed by atoms with Gasteiger partial charge in [0.25, 0.3) is 0 Å². The number of aliphatic hydroxyl groups excluding tert-OH is 2. The predicted molar refractivity (Wildman–Crippen MR) is 238 cm³/mol. The van der Waals surface area contributed by atoms with E-state index in [1.54, 1.807) is 26.0 Å². The number of hydrogen-bond acceptors (Lipinski definition) is 10. The lowest BCUT2D eigenvalue weighted by Crippen LogP contribution is -2.54. The van der Waals surface area contributed by atoms with E-state index in [-0.39, 0.29) is 67.3 Å². The van der Waals surface area contributed by atoms with Gasteiger partial charge in [0, 0.05) is 42.9 Å². The summed E-state index contributed by atoms with van der Waals surface area (Å²) in [6, 6.07) is 28.7. The fraction of sp³-hybridized carbons (Fsp3) is 0.377. The number of benzene rings is 4. The summed E-state index contributed by atoms with van der Waals surface area (Å²) >= 11 is 0. The number of aliphatic hydroxyl groups is 2. The van der Waals surface area contributed by atoms with Gasteiger partial charge in [-0.3, -0.25) is 4.79 Å². The Balaban J connectivity index is 1.25. The lowest BCUT2D eigenvalue weighted by atomic mass is 9.82. The molecule has 0 unspecified atom stereocenters. The van der Waals surface area contributed by atoms with E-state index in [0.717, 1.165) is 29.5 Å². The molecule has 0 saturated heterocycles. The van der Waals surface area contributed by atoms with Crippen LogP contribution in [0.25, 0.3) is 11.0 Å². The summed E-state index contributed by atoms with van der Waals surface area (Å²) in [7, 11) is 1.53. The van der Waals surface area contributed by atoms with Gasteiger partial charge in [-0.15, -0.1) is 0 Å². The molecule has 10 nitrogen and oxygen atoms in total. The molecule has 63 heavy (non-hydrogen) atoms. The average Bonchev–Trinajstić information content (AvgIpc) is 3.27. The van der Waals surface area contributed by atoms with Crippen LogP contribution in [-0.2, 0) is 68.9 Å². The number of esters is 2. The summed E-state index contributed by atoms with van der Waals surface area (Å²) in [5.74, 6) is 5.62. The first-order chi connectivity index (χ1) is 30.6. The van der Waals surface area contributed by atoms with E-state index in [1.807, 2.05) is 18.2 Å². The second-order valence-corrected chi connectivity index (χ2v) is 17.3. The number of hydrogen-bond donors (Lipinski definition) is 2. The fourth-order valence-electron chi connectivity index (χ4n) is 9.34. The minimum atomic E-state index is -1.35. The Kier molecular flexibility index (Phi) is 13.3. The third kappa shape index (κ3) is 9.52. The standard InChI is InChI=1S/C53H54O10/c1-33(31-54)41-20-18-36-17-19-40-29-38(16-15-35-12-9-13-37(27-35)26-34-10-5-4-6-11-34)30-46(56)60-49-47-45(22-21-42-44(32-55)43(23-25-59-3)52(58)61-48(42)47)63-53(2,50(49)62-51(41)57)24-8-7-14-39(40)28-36/h4-6,9-13,17,19,21-22,27-28,38,49-50,54-55H,14-16,18,20,23-26,29-32H2,1-3H3/b41-33-/t38-,49+,50-,53+/m0/s1. The van der Waals surface area contributed by atoms with Crippen LogP contribution in [0.5, 0.6) is 5.75 Å². The smallest absolute Gasteiger partial charge is 0.339 e. The van der Waals surface area contributed by atoms with Crippen LogP contribution in [-0.4, -0.2) is 54.2 Å². The van der Waals surface area contributed by atoms with Crippen LogP contribution < -0.4 is 10.4 Å². The molecule has 0 saturated carbocycles. The van der Waals surface area contributed by atoms with E-state index in [0.29, 0.717) is 47.8 Å². The molecule has 8 rings (SSSR count). The van der Waals surface area contributed by atoms with E-state index in [4.69, 9.17) is 23.4 Å². The molecule has 10 heteroatoms. The molecule has 3 aliphatic heterocycles. The molecule has 0 spiro atoms. The zero-order valence-corrected chi connectivity index (χ0v) is 36.2. The van der Waals surface area contributed by atoms with Crippen LogP contribution in [0.3, 0.4) is 0 Å². The summed E-state index contributed by atoms with van der Waals surface area (Å²) in [4.78, 5) is 42.9. The van der Waals surface area contributed by atoms with Crippen molar-refractivity contribution in [2.24, 2.45) is 5.92 Å². The average molecular weight is 851 g/mol. The minimum Gasteiger partial charge on any atom is -0.482 e. The van der Waals surface area contributed by atoms with E-state index in [1.165, 1.54) is 23.8 Å². The van der Waals surface area contributed by atoms with Crippen molar-refractivity contribution in [1.82, 2.24) is 0 Å². The molecule has 0 aliphatic carbocycles. The van der Waals surface area contributed by atoms with Gasteiger partial charge in [-0.05, 0) is 115 Å². The second kappa shape index (κ2) is 19.2. The highest BCUT2D eigenvalue weighted by Crippen LogP contribution is 2.49. The third-order valence-corrected chi connectivity index (χ3v) is 12.8. The zero-order chi connectivity index (χ0) is 44.1. The number of carbonyl (C=O) groups excluding carboxylic acids is 2. The Morgan fingerprint density at radius 1 is 0.841 bits per heavy atom. The first-order valence-electron chi connectivity index (χ1n) is 21.9. The van der Waals surface area contributed by atoms with Crippen LogP contribution in [0.4, 0.5) is 0 Å². The van der Waals surface area contributed by atoms with Crippen LogP contribution >= 0.6 is 0 Å². The SMILES string of the molecule is COCCc1c(CO)c2ccc3c(c2oc1=O)[C@H]1OC(=O)C[C@@H](CCc2cccc(Cc4ccccc4)c2)Cc2ccc4cc2CC#CC[C@@](C)(O3)[C@H]1OC(=O)/C(=C(/C)CO)CC4. The van der Waals surface area contributed by atoms with Crippen molar-refractivity contribution in [3.63, 3.8) is 0 Å². The summed E-state index contributed by atoms with van der Waals surface area (Å²) in [5.41, 5.74) is 6.43. The van der Waals surface area contributed by atoms with Crippen LogP contribution in [0.2, 0.25) is 0 Å². The van der Waals surface area contributed by atoms with E-state index in [2.05, 4.69) is 66.4 Å². The van der Waals surface area contributed by atoms with Crippen LogP contribution in [0.1, 0.15) is 95.7 Å². The molecule has 0 amide bonds. The Bertz CT molecular complexity index is 2670. The predicted octanol–water partition coefficient (Wildman–Crippen LogP) is 7.80. The Hall–Kier alpha value is -5.99. The molecule has 0 radical (unpaired) electrons. The molecule has 4 heterocycles. The van der Waals surface area contributed by atoms with Crippen molar-refractivity contribution < 1.29 is 43.2 Å². The molecule has 0 fully saturated rings. The number of carbonyl (C=O) groups is 2. The fourth-order valence-corrected chi connectivity index (χ4v) is 9.34. The normalized spacial score (nSPS) is 21.8. The van der Waals surface area contributed by atoms with Gasteiger partial charge in [-0.2, -0.15) is 0 Å². The van der Waals surface area contributed by atoms with Gasteiger partial charge >= 0.3 is 17.6 Å². The lowest BCUT2D eigenvalue weighted by Gasteiger charge is -2.44. The highest BCUT2D eigenvalue weighted by molar-refractivity contribution is 5.90. The summed E-state index contributed by atoms with van der Waals surface area (Å²) in [5, 5.41) is 21.4. The molecule has 5 aromatic rings. The molecule has 3 aliphatic rings. The van der Waals surface area contributed by atoms with Gasteiger partial charge < -0.3 is 33.6 Å². The van der Waals surface area contributed by atoms with Crippen molar-refractivity contribution in [2.45, 2.75) is 102 Å². The van der Waals surface area contributed by atoms with Gasteiger partial charge in [-0.1, -0.05) is 84.6 Å². The van der Waals surface area contributed by atoms with Crippen molar-refractivity contribution >= 4 is 22.9 Å². The zero-order valence-electron chi connectivity index (χ0n) is 36.2. The monoisotopic (exact) mass is 850 g/mol. The first kappa shape index (κ1) is 43.7. The van der Waals surface area contributed by atoms with Gasteiger partial charge in [-0.25, -0.2) is 9.59 Å². The van der Waals surface area contributed by atoms with Gasteiger partial charge in [0.05, 0.1) is 31.8 Å². The highest BCUT2D eigenvalue weighted by atomic mass is 16.6. The maximum Gasteiger partial charge on any atom is 0.339 e. The molecule has 5 bridgehead atoms. The molecule has 1 aromatic heterocycles. The largest absolute Gasteiger partial charge is 0.482 e. The van der Waals surface area contributed by atoms with Gasteiger partial charge in [0.1, 0.15) is 11.3 Å². The van der Waals surface area contributed by atoms with E-state index < -0.39 is 42.0 Å². The summed E-state index contributed by atoms with van der Waals surface area (Å²) in [6.07, 6.45) is 1.87. The van der Waals surface area contributed by atoms with E-state index >= 15 is 0 Å². The lowest BCUT2D eigenvalue weighted by molar-refractivity contribution is -0.190. The van der Waals surface area contributed by atoms with Crippen molar-refractivity contribution in [3.8, 4) is 17.6 Å². The number of aryl methyl sites for hydroxylation is 2. The maximum atomic E-state index is 14.7. The van der Waals surface area contributed by atoms with Gasteiger partial charge in [0.15, 0.2) is 17.8 Å². The molecule has 326 valence electrons. The molecule has 2 N–H and O–H groups in total. The molecule has 4 atom stereocenters. The Labute approximate surface area is 367 Å². The van der Waals surface area contributed by atoms with Crippen LogP contribution in [0, 0.1) is 17.8 Å². The first-order valence-corrected chi connectivity index (χ1v) is 21.9. The molecule has 4 aromatic carbocycles. The third-order valence-electron chi connectivity index (χ3n) is 12.8.